The maximum Gasteiger partial charge on any atom is 0.472 e. The van der Waals surface area contributed by atoms with E-state index in [1.165, 1.54) is 70.6 Å². The Bertz CT molecular complexity index is 1030. The Morgan fingerprint density at radius 2 is 1.06 bits per heavy atom. The maximum atomic E-state index is 12.6. The van der Waals surface area contributed by atoms with E-state index >= 15 is 0 Å². The third-order valence-electron chi connectivity index (χ3n) is 8.77. The van der Waals surface area contributed by atoms with Crippen LogP contribution in [0.2, 0.25) is 0 Å². The highest BCUT2D eigenvalue weighted by Gasteiger charge is 2.25. The largest absolute Gasteiger partial charge is 0.472 e. The zero-order chi connectivity index (χ0) is 39.6. The molecule has 11 heteroatoms. The molecule has 0 saturated heterocycles. The molecule has 0 rings (SSSR count). The summed E-state index contributed by atoms with van der Waals surface area (Å²) in [6.45, 7) is 1.67. The van der Waals surface area contributed by atoms with Crippen LogP contribution >= 0.6 is 7.82 Å². The zero-order valence-electron chi connectivity index (χ0n) is 33.9. The molecule has 0 aromatic carbocycles. The predicted molar refractivity (Wildman–Crippen MR) is 221 cm³/mol. The Morgan fingerprint density at radius 1 is 0.593 bits per heavy atom. The number of phosphoric acid groups is 1. The van der Waals surface area contributed by atoms with Gasteiger partial charge < -0.3 is 25.2 Å². The van der Waals surface area contributed by atoms with E-state index in [2.05, 4.69) is 49.5 Å². The topological polar surface area (TPSA) is 155 Å². The third kappa shape index (κ3) is 39.6. The van der Waals surface area contributed by atoms with Crippen molar-refractivity contribution in [3.05, 3.63) is 48.6 Å². The van der Waals surface area contributed by atoms with Crippen LogP contribution in [0.4, 0.5) is 0 Å². The first-order valence-corrected chi connectivity index (χ1v) is 22.7. The number of nitrogens with two attached hydrogens (primary N) is 1. The second-order valence-corrected chi connectivity index (χ2v) is 15.4. The van der Waals surface area contributed by atoms with E-state index < -0.39 is 32.5 Å². The van der Waals surface area contributed by atoms with Crippen LogP contribution in [0, 0.1) is 0 Å². The first kappa shape index (κ1) is 51.9. The first-order valence-electron chi connectivity index (χ1n) is 21.2. The molecule has 0 fully saturated rings. The lowest BCUT2D eigenvalue weighted by Gasteiger charge is -2.19. The minimum atomic E-state index is -4.39. The lowest BCUT2D eigenvalue weighted by atomic mass is 10.0. The molecule has 0 aliphatic rings. The Kier molecular flexibility index (Phi) is 39.0. The van der Waals surface area contributed by atoms with E-state index in [1.54, 1.807) is 0 Å². The van der Waals surface area contributed by atoms with Crippen LogP contribution in [0.5, 0.6) is 0 Å². The number of carbonyl (C=O) groups excluding carboxylic acids is 2. The van der Waals surface area contributed by atoms with E-state index in [4.69, 9.17) is 29.4 Å². The van der Waals surface area contributed by atoms with Crippen molar-refractivity contribution in [2.24, 2.45) is 5.73 Å². The summed E-state index contributed by atoms with van der Waals surface area (Å²) in [5.74, 6) is -0.906. The number of ether oxygens (including phenoxy) is 2. The van der Waals surface area contributed by atoms with Crippen LogP contribution in [0.3, 0.4) is 0 Å². The van der Waals surface area contributed by atoms with E-state index in [0.29, 0.717) is 12.8 Å². The van der Waals surface area contributed by atoms with Crippen LogP contribution < -0.4 is 5.73 Å². The SMILES string of the molecule is CCCCCCCCCCCCCCCCCC(=O)O[C@H](COC(=O)CCC/C=C\C/C=C\C/C=C\C/C=C\CCCCCO)COP(=O)(O)OCCN. The first-order chi connectivity index (χ1) is 26.3. The molecule has 2 atom stereocenters. The fourth-order valence-electron chi connectivity index (χ4n) is 5.61. The number of aliphatic hydroxyl groups is 1. The normalized spacial score (nSPS) is 13.8. The number of phosphoric ester groups is 1. The van der Waals surface area contributed by atoms with Gasteiger partial charge in [0.15, 0.2) is 6.10 Å². The van der Waals surface area contributed by atoms with Crippen LogP contribution in [0.15, 0.2) is 48.6 Å². The van der Waals surface area contributed by atoms with Crippen molar-refractivity contribution in [3.8, 4) is 0 Å². The quantitative estimate of drug-likeness (QED) is 0.0237. The van der Waals surface area contributed by atoms with Crippen molar-refractivity contribution in [2.75, 3.05) is 33.0 Å². The number of unbranched alkanes of at least 4 members (excludes halogenated alkanes) is 18. The van der Waals surface area contributed by atoms with Gasteiger partial charge in [-0.25, -0.2) is 4.57 Å². The number of esters is 2. The van der Waals surface area contributed by atoms with Gasteiger partial charge in [-0.3, -0.25) is 18.6 Å². The lowest BCUT2D eigenvalue weighted by Crippen LogP contribution is -2.29. The molecule has 0 amide bonds. The Morgan fingerprint density at radius 3 is 1.57 bits per heavy atom. The minimum absolute atomic E-state index is 0.0415. The highest BCUT2D eigenvalue weighted by molar-refractivity contribution is 7.47. The van der Waals surface area contributed by atoms with Crippen molar-refractivity contribution in [1.29, 1.82) is 0 Å². The number of carbonyl (C=O) groups is 2. The molecule has 314 valence electrons. The summed E-state index contributed by atoms with van der Waals surface area (Å²) in [7, 11) is -4.39. The number of rotatable bonds is 40. The molecule has 0 heterocycles. The molecular formula is C43H78NO9P. The number of hydrogen-bond acceptors (Lipinski definition) is 9. The van der Waals surface area contributed by atoms with Crippen LogP contribution in [-0.2, 0) is 32.7 Å². The van der Waals surface area contributed by atoms with Gasteiger partial charge in [0.1, 0.15) is 6.61 Å². The molecule has 0 radical (unpaired) electrons. The number of allylic oxidation sites excluding steroid dienone is 8. The summed E-state index contributed by atoms with van der Waals surface area (Å²) in [6.07, 6.45) is 43.0. The highest BCUT2D eigenvalue weighted by Crippen LogP contribution is 2.43. The highest BCUT2D eigenvalue weighted by atomic mass is 31.2. The fraction of sp³-hybridized carbons (Fsp3) is 0.767. The predicted octanol–water partition coefficient (Wildman–Crippen LogP) is 10.9. The smallest absolute Gasteiger partial charge is 0.462 e. The maximum absolute atomic E-state index is 12.6. The molecule has 4 N–H and O–H groups in total. The molecule has 0 aliphatic heterocycles. The molecule has 1 unspecified atom stereocenters. The Hall–Kier alpha value is -2.07. The van der Waals surface area contributed by atoms with Crippen LogP contribution in [0.25, 0.3) is 0 Å². The van der Waals surface area contributed by atoms with Crippen molar-refractivity contribution in [2.45, 2.75) is 180 Å². The van der Waals surface area contributed by atoms with Gasteiger partial charge in [0, 0.05) is 26.0 Å². The van der Waals surface area contributed by atoms with Crippen molar-refractivity contribution in [1.82, 2.24) is 0 Å². The molecule has 54 heavy (non-hydrogen) atoms. The monoisotopic (exact) mass is 784 g/mol. The van der Waals surface area contributed by atoms with E-state index in [1.807, 2.05) is 6.08 Å². The lowest BCUT2D eigenvalue weighted by molar-refractivity contribution is -0.161. The van der Waals surface area contributed by atoms with Crippen molar-refractivity contribution >= 4 is 19.8 Å². The molecule has 0 aliphatic carbocycles. The number of aliphatic hydroxyl groups excluding tert-OH is 1. The second kappa shape index (κ2) is 40.6. The van der Waals surface area contributed by atoms with Gasteiger partial charge in [-0.05, 0) is 57.8 Å². The standard InChI is InChI=1S/C43H78NO9P/c1-2-3-4-5-6-7-8-9-13-17-20-23-26-29-32-35-43(47)53-41(40-52-54(48,49)51-38-36-44)39-50-42(46)34-31-28-25-22-19-16-14-11-10-12-15-18-21-24-27-30-33-37-45/h10,12,14,16,18,21-22,25,41,45H,2-9,11,13,15,17,19-20,23-24,26-40,44H2,1H3,(H,48,49)/b12-10-,16-14-,21-18-,25-22-/t41-/m1/s1. The molecule has 0 aromatic rings. The molecular weight excluding hydrogens is 705 g/mol. The summed E-state index contributed by atoms with van der Waals surface area (Å²) >= 11 is 0. The summed E-state index contributed by atoms with van der Waals surface area (Å²) < 4.78 is 32.7. The molecule has 0 bridgehead atoms. The van der Waals surface area contributed by atoms with E-state index in [-0.39, 0.29) is 39.2 Å². The van der Waals surface area contributed by atoms with Gasteiger partial charge >= 0.3 is 19.8 Å². The Labute approximate surface area is 329 Å². The fourth-order valence-corrected chi connectivity index (χ4v) is 6.37. The summed E-state index contributed by atoms with van der Waals surface area (Å²) in [6, 6.07) is 0. The molecule has 10 nitrogen and oxygen atoms in total. The summed E-state index contributed by atoms with van der Waals surface area (Å²) in [4.78, 5) is 34.8. The second-order valence-electron chi connectivity index (χ2n) is 13.9. The van der Waals surface area contributed by atoms with Gasteiger partial charge in [-0.1, -0.05) is 152 Å². The van der Waals surface area contributed by atoms with Gasteiger partial charge in [-0.2, -0.15) is 0 Å². The van der Waals surface area contributed by atoms with E-state index in [9.17, 15) is 19.0 Å². The van der Waals surface area contributed by atoms with Gasteiger partial charge in [0.05, 0.1) is 13.2 Å². The molecule has 0 aromatic heterocycles. The van der Waals surface area contributed by atoms with E-state index in [0.717, 1.165) is 70.6 Å². The van der Waals surface area contributed by atoms with Gasteiger partial charge in [0.2, 0.25) is 0 Å². The van der Waals surface area contributed by atoms with Crippen molar-refractivity contribution in [3.63, 3.8) is 0 Å². The molecule has 0 saturated carbocycles. The number of hydrogen-bond donors (Lipinski definition) is 3. The average molecular weight is 784 g/mol. The summed E-state index contributed by atoms with van der Waals surface area (Å²) in [5, 5.41) is 8.78. The Balaban J connectivity index is 4.25. The van der Waals surface area contributed by atoms with Crippen molar-refractivity contribution < 1.29 is 42.7 Å². The average Bonchev–Trinajstić information content (AvgIpc) is 3.16. The zero-order valence-corrected chi connectivity index (χ0v) is 34.8. The third-order valence-corrected chi connectivity index (χ3v) is 9.76. The van der Waals surface area contributed by atoms with Gasteiger partial charge in [0.25, 0.3) is 0 Å². The molecule has 0 spiro atoms. The minimum Gasteiger partial charge on any atom is -0.462 e. The van der Waals surface area contributed by atoms with Crippen LogP contribution in [-0.4, -0.2) is 61.0 Å². The summed E-state index contributed by atoms with van der Waals surface area (Å²) in [5.41, 5.74) is 5.34. The van der Waals surface area contributed by atoms with Gasteiger partial charge in [-0.15, -0.1) is 0 Å². The van der Waals surface area contributed by atoms with Crippen LogP contribution in [0.1, 0.15) is 174 Å².